The first-order valence-corrected chi connectivity index (χ1v) is 8.71. The van der Waals surface area contributed by atoms with E-state index in [9.17, 15) is 8.42 Å². The van der Waals surface area contributed by atoms with Gasteiger partial charge < -0.3 is 5.32 Å². The van der Waals surface area contributed by atoms with Gasteiger partial charge >= 0.3 is 0 Å². The number of aromatic nitrogens is 2. The largest absolute Gasteiger partial charge is 0.317 e. The van der Waals surface area contributed by atoms with E-state index < -0.39 is 10.0 Å². The van der Waals surface area contributed by atoms with Crippen LogP contribution in [0, 0.1) is 19.8 Å². The monoisotopic (exact) mass is 300 g/mol. The van der Waals surface area contributed by atoms with Crippen LogP contribution >= 0.6 is 0 Å². The van der Waals surface area contributed by atoms with Gasteiger partial charge in [-0.05, 0) is 45.7 Å². The molecule has 7 heteroatoms. The molecule has 1 fully saturated rings. The molecule has 1 aliphatic heterocycles. The zero-order valence-corrected chi connectivity index (χ0v) is 13.3. The van der Waals surface area contributed by atoms with Crippen molar-refractivity contribution in [3.05, 3.63) is 17.0 Å². The lowest BCUT2D eigenvalue weighted by molar-refractivity contribution is 0.400. The molecule has 1 aliphatic rings. The molecule has 1 aromatic heterocycles. The maximum Gasteiger partial charge on any atom is 0.212 e. The summed E-state index contributed by atoms with van der Waals surface area (Å²) in [4.78, 5) is 0. The number of hydrogen-bond donors (Lipinski definition) is 2. The average Bonchev–Trinajstić information content (AvgIpc) is 2.62. The minimum Gasteiger partial charge on any atom is -0.317 e. The van der Waals surface area contributed by atoms with E-state index >= 15 is 0 Å². The Morgan fingerprint density at radius 3 is 2.55 bits per heavy atom. The maximum absolute atomic E-state index is 12.1. The van der Waals surface area contributed by atoms with E-state index in [1.165, 1.54) is 0 Å². The summed E-state index contributed by atoms with van der Waals surface area (Å²) < 4.78 is 28.8. The normalized spacial score (nSPS) is 17.6. The molecule has 0 spiro atoms. The van der Waals surface area contributed by atoms with Gasteiger partial charge in [-0.2, -0.15) is 5.10 Å². The Morgan fingerprint density at radius 2 is 2.00 bits per heavy atom. The predicted molar refractivity (Wildman–Crippen MR) is 78.9 cm³/mol. The first kappa shape index (κ1) is 15.5. The fraction of sp³-hybridized carbons (Fsp3) is 0.769. The summed E-state index contributed by atoms with van der Waals surface area (Å²) in [5, 5.41) is 7.55. The van der Waals surface area contributed by atoms with Gasteiger partial charge in [-0.1, -0.05) is 0 Å². The van der Waals surface area contributed by atoms with E-state index in [2.05, 4.69) is 15.1 Å². The molecule has 1 saturated heterocycles. The Kier molecular flexibility index (Phi) is 4.82. The lowest BCUT2D eigenvalue weighted by Crippen LogP contribution is -2.35. The van der Waals surface area contributed by atoms with E-state index in [0.29, 0.717) is 6.54 Å². The molecule has 0 aromatic carbocycles. The van der Waals surface area contributed by atoms with Gasteiger partial charge in [0.25, 0.3) is 0 Å². The van der Waals surface area contributed by atoms with Crippen molar-refractivity contribution in [2.75, 3.05) is 18.8 Å². The second kappa shape index (κ2) is 6.24. The minimum atomic E-state index is -3.22. The van der Waals surface area contributed by atoms with E-state index in [4.69, 9.17) is 0 Å². The molecule has 0 atom stereocenters. The predicted octanol–water partition coefficient (Wildman–Crippen LogP) is 0.456. The molecule has 0 aliphatic carbocycles. The van der Waals surface area contributed by atoms with Crippen LogP contribution in [0.15, 0.2) is 0 Å². The first-order valence-electron chi connectivity index (χ1n) is 7.06. The van der Waals surface area contributed by atoms with E-state index in [1.54, 1.807) is 4.68 Å². The minimum absolute atomic E-state index is 0.229. The third-order valence-corrected chi connectivity index (χ3v) is 5.54. The van der Waals surface area contributed by atoms with Gasteiger partial charge in [-0.25, -0.2) is 13.1 Å². The molecular weight excluding hydrogens is 276 g/mol. The van der Waals surface area contributed by atoms with Crippen LogP contribution in [0.4, 0.5) is 0 Å². The Labute approximate surface area is 121 Å². The first-order chi connectivity index (χ1) is 9.39. The number of rotatable bonds is 5. The Balaban J connectivity index is 1.94. The topological polar surface area (TPSA) is 76.0 Å². The van der Waals surface area contributed by atoms with Crippen molar-refractivity contribution in [1.82, 2.24) is 19.8 Å². The molecule has 0 saturated carbocycles. The van der Waals surface area contributed by atoms with Gasteiger partial charge in [0.15, 0.2) is 0 Å². The lowest BCUT2D eigenvalue weighted by atomic mass is 10.0. The van der Waals surface area contributed by atoms with E-state index in [1.807, 2.05) is 20.9 Å². The Morgan fingerprint density at radius 1 is 1.35 bits per heavy atom. The lowest BCUT2D eigenvalue weighted by Gasteiger charge is -2.22. The maximum atomic E-state index is 12.1. The zero-order chi connectivity index (χ0) is 14.8. The summed E-state index contributed by atoms with van der Waals surface area (Å²) in [6, 6.07) is 0. The molecular formula is C13H24N4O2S. The van der Waals surface area contributed by atoms with Crippen LogP contribution in [0.5, 0.6) is 0 Å². The summed E-state index contributed by atoms with van der Waals surface area (Å²) in [6.45, 7) is 6.03. The highest BCUT2D eigenvalue weighted by atomic mass is 32.2. The van der Waals surface area contributed by atoms with Crippen LogP contribution < -0.4 is 10.0 Å². The second-order valence-corrected chi connectivity index (χ2v) is 7.42. The molecule has 0 radical (unpaired) electrons. The number of sulfonamides is 1. The molecule has 20 heavy (non-hydrogen) atoms. The zero-order valence-electron chi connectivity index (χ0n) is 12.4. The molecule has 114 valence electrons. The van der Waals surface area contributed by atoms with E-state index in [0.717, 1.165) is 42.9 Å². The number of hydrogen-bond acceptors (Lipinski definition) is 4. The van der Waals surface area contributed by atoms with Gasteiger partial charge in [0.05, 0.1) is 11.4 Å². The fourth-order valence-electron chi connectivity index (χ4n) is 2.67. The molecule has 0 bridgehead atoms. The molecule has 1 aromatic rings. The summed E-state index contributed by atoms with van der Waals surface area (Å²) in [5.74, 6) is 0.498. The van der Waals surface area contributed by atoms with Crippen molar-refractivity contribution in [3.63, 3.8) is 0 Å². The molecule has 6 nitrogen and oxygen atoms in total. The van der Waals surface area contributed by atoms with Crippen LogP contribution in [-0.4, -0.2) is 37.0 Å². The van der Waals surface area contributed by atoms with Gasteiger partial charge in [0.2, 0.25) is 10.0 Å². The van der Waals surface area contributed by atoms with Crippen LogP contribution in [0.1, 0.15) is 29.8 Å². The molecule has 0 unspecified atom stereocenters. The Hall–Kier alpha value is -0.920. The highest BCUT2D eigenvalue weighted by molar-refractivity contribution is 7.89. The molecule has 2 N–H and O–H groups in total. The number of piperidine rings is 1. The molecule has 0 amide bonds. The quantitative estimate of drug-likeness (QED) is 0.828. The smallest absolute Gasteiger partial charge is 0.212 e. The third-order valence-electron chi connectivity index (χ3n) is 4.04. The van der Waals surface area contributed by atoms with Gasteiger partial charge in [0, 0.05) is 24.8 Å². The highest BCUT2D eigenvalue weighted by Crippen LogP contribution is 2.15. The van der Waals surface area contributed by atoms with Crippen molar-refractivity contribution in [2.45, 2.75) is 33.2 Å². The second-order valence-electron chi connectivity index (χ2n) is 5.57. The van der Waals surface area contributed by atoms with Crippen molar-refractivity contribution < 1.29 is 8.42 Å². The van der Waals surface area contributed by atoms with Crippen molar-refractivity contribution in [1.29, 1.82) is 0 Å². The Bertz CT molecular complexity index is 559. The van der Waals surface area contributed by atoms with Gasteiger partial charge in [0.1, 0.15) is 0 Å². The summed E-state index contributed by atoms with van der Waals surface area (Å²) in [7, 11) is -1.35. The highest BCUT2D eigenvalue weighted by Gasteiger charge is 2.21. The van der Waals surface area contributed by atoms with Crippen molar-refractivity contribution >= 4 is 10.0 Å². The summed E-state index contributed by atoms with van der Waals surface area (Å²) in [5.41, 5.74) is 2.86. The van der Waals surface area contributed by atoms with Crippen molar-refractivity contribution in [2.24, 2.45) is 13.0 Å². The summed E-state index contributed by atoms with van der Waals surface area (Å²) >= 11 is 0. The molecule has 2 rings (SSSR count). The summed E-state index contributed by atoms with van der Waals surface area (Å²) in [6.07, 6.45) is 1.87. The van der Waals surface area contributed by atoms with Crippen LogP contribution in [0.3, 0.4) is 0 Å². The SMILES string of the molecule is Cc1nn(C)c(C)c1CNS(=O)(=O)CC1CCNCC1. The van der Waals surface area contributed by atoms with Crippen LogP contribution in [0.25, 0.3) is 0 Å². The molecule has 2 heterocycles. The van der Waals surface area contributed by atoms with Crippen LogP contribution in [-0.2, 0) is 23.6 Å². The van der Waals surface area contributed by atoms with Gasteiger partial charge in [-0.15, -0.1) is 0 Å². The third kappa shape index (κ3) is 3.80. The number of aryl methyl sites for hydroxylation is 2. The average molecular weight is 300 g/mol. The number of nitrogens with one attached hydrogen (secondary N) is 2. The van der Waals surface area contributed by atoms with Crippen molar-refractivity contribution in [3.8, 4) is 0 Å². The fourth-order valence-corrected chi connectivity index (χ4v) is 4.11. The van der Waals surface area contributed by atoms with Gasteiger partial charge in [-0.3, -0.25) is 4.68 Å². The standard InChI is InChI=1S/C13H24N4O2S/c1-10-13(11(2)17(3)16-10)8-15-20(18,19)9-12-4-6-14-7-5-12/h12,14-15H,4-9H2,1-3H3. The number of nitrogens with zero attached hydrogens (tertiary/aromatic N) is 2. The van der Waals surface area contributed by atoms with E-state index in [-0.39, 0.29) is 11.7 Å². The van der Waals surface area contributed by atoms with Crippen LogP contribution in [0.2, 0.25) is 0 Å².